The third kappa shape index (κ3) is 6.87. The van der Waals surface area contributed by atoms with Crippen molar-refractivity contribution in [2.75, 3.05) is 19.6 Å². The van der Waals surface area contributed by atoms with Crippen LogP contribution in [0.4, 0.5) is 4.79 Å². The topological polar surface area (TPSA) is 75.6 Å². The maximum absolute atomic E-state index is 14.0. The second-order valence-corrected chi connectivity index (χ2v) is 13.0. The van der Waals surface area contributed by atoms with Gasteiger partial charge in [0.25, 0.3) is 5.91 Å². The molecule has 2 amide bonds. The summed E-state index contributed by atoms with van der Waals surface area (Å²) in [6, 6.07) is -0.102. The number of nitrogens with zero attached hydrogens (tertiary/aromatic N) is 4. The number of ether oxygens (including phenoxy) is 1. The van der Waals surface area contributed by atoms with Gasteiger partial charge in [-0.2, -0.15) is 0 Å². The number of likely N-dealkylation sites (tertiary alicyclic amines) is 1. The first kappa shape index (κ1) is 27.7. The minimum absolute atomic E-state index is 0.102. The molecule has 7 nitrogen and oxygen atoms in total. The second-order valence-electron chi connectivity index (χ2n) is 12.7. The van der Waals surface area contributed by atoms with Gasteiger partial charge in [0.1, 0.15) is 16.6 Å². The first-order valence-electron chi connectivity index (χ1n) is 13.0. The van der Waals surface area contributed by atoms with E-state index in [0.29, 0.717) is 42.9 Å². The molecule has 1 aromatic heterocycles. The summed E-state index contributed by atoms with van der Waals surface area (Å²) in [5.74, 6) is 1.40. The number of hydrogen-bond donors (Lipinski definition) is 0. The molecule has 0 radical (unpaired) electrons. The van der Waals surface area contributed by atoms with Crippen molar-refractivity contribution in [1.29, 1.82) is 0 Å². The van der Waals surface area contributed by atoms with E-state index in [1.54, 1.807) is 6.20 Å². The first-order valence-corrected chi connectivity index (χ1v) is 13.4. The lowest BCUT2D eigenvalue weighted by molar-refractivity contribution is -0.0252. The van der Waals surface area contributed by atoms with Crippen LogP contribution >= 0.6 is 11.6 Å². The zero-order valence-electron chi connectivity index (χ0n) is 22.7. The molecule has 196 valence electrons. The molecule has 3 rings (SSSR count). The minimum atomic E-state index is -0.566. The third-order valence-electron chi connectivity index (χ3n) is 6.84. The summed E-state index contributed by atoms with van der Waals surface area (Å²) < 4.78 is 5.72. The van der Waals surface area contributed by atoms with Gasteiger partial charge >= 0.3 is 6.09 Å². The molecule has 8 heteroatoms. The molecule has 1 saturated carbocycles. The van der Waals surface area contributed by atoms with E-state index in [1.807, 2.05) is 51.3 Å². The van der Waals surface area contributed by atoms with Crippen LogP contribution in [0, 0.1) is 17.8 Å². The lowest BCUT2D eigenvalue weighted by Gasteiger charge is -2.50. The van der Waals surface area contributed by atoms with Crippen LogP contribution in [-0.2, 0) is 10.2 Å². The number of hydrogen-bond acceptors (Lipinski definition) is 5. The Kier molecular flexibility index (Phi) is 8.40. The van der Waals surface area contributed by atoms with Crippen LogP contribution in [0.15, 0.2) is 6.20 Å². The maximum atomic E-state index is 14.0. The average molecular weight is 507 g/mol. The Labute approximate surface area is 216 Å². The van der Waals surface area contributed by atoms with Crippen LogP contribution in [0.3, 0.4) is 0 Å². The third-order valence-corrected chi connectivity index (χ3v) is 7.13. The van der Waals surface area contributed by atoms with Gasteiger partial charge in [-0.15, -0.1) is 0 Å². The van der Waals surface area contributed by atoms with Crippen molar-refractivity contribution < 1.29 is 14.3 Å². The van der Waals surface area contributed by atoms with E-state index in [0.717, 1.165) is 25.7 Å². The highest BCUT2D eigenvalue weighted by molar-refractivity contribution is 6.32. The summed E-state index contributed by atoms with van der Waals surface area (Å²) in [5.41, 5.74) is -0.513. The monoisotopic (exact) mass is 506 g/mol. The van der Waals surface area contributed by atoms with Crippen molar-refractivity contribution in [2.45, 2.75) is 98.1 Å². The van der Waals surface area contributed by atoms with Crippen molar-refractivity contribution in [2.24, 2.45) is 17.8 Å². The van der Waals surface area contributed by atoms with Gasteiger partial charge in [-0.3, -0.25) is 4.79 Å². The predicted octanol–water partition coefficient (Wildman–Crippen LogP) is 5.95. The molecule has 35 heavy (non-hydrogen) atoms. The molecule has 3 unspecified atom stereocenters. The molecule has 1 aliphatic heterocycles. The molecule has 0 N–H and O–H groups in total. The summed E-state index contributed by atoms with van der Waals surface area (Å²) in [7, 11) is 0. The molecule has 1 aliphatic carbocycles. The smallest absolute Gasteiger partial charge is 0.410 e. The van der Waals surface area contributed by atoms with Crippen molar-refractivity contribution in [3.05, 3.63) is 22.7 Å². The van der Waals surface area contributed by atoms with E-state index in [-0.39, 0.29) is 34.5 Å². The van der Waals surface area contributed by atoms with E-state index < -0.39 is 5.60 Å². The molecule has 2 fully saturated rings. The second kappa shape index (κ2) is 10.6. The summed E-state index contributed by atoms with van der Waals surface area (Å²) in [5, 5.41) is 0.184. The predicted molar refractivity (Wildman–Crippen MR) is 139 cm³/mol. The Bertz CT molecular complexity index is 922. The van der Waals surface area contributed by atoms with Gasteiger partial charge in [0.05, 0.1) is 11.6 Å². The molecule has 0 bridgehead atoms. The highest BCUT2D eigenvalue weighted by atomic mass is 35.5. The minimum Gasteiger partial charge on any atom is -0.444 e. The molecular formula is C27H43ClN4O3. The van der Waals surface area contributed by atoms with Gasteiger partial charge in [-0.05, 0) is 51.4 Å². The number of halogens is 1. The van der Waals surface area contributed by atoms with Gasteiger partial charge < -0.3 is 14.5 Å². The SMILES string of the molecule is CC(C)CN(C(=O)c1cnc(C(C)(C)C)nc1Cl)C1CN(C(=O)OC(C)(C)C)CC2CCCCC21. The standard InChI is InChI=1S/C27H43ClN4O3/c1-17(2)14-32(23(33)20-13-29-24(26(3,4)5)30-22(20)28)21-16-31(25(34)35-27(6,7)8)15-18-11-9-10-12-19(18)21/h13,17-19,21H,9-12,14-16H2,1-8H3. The van der Waals surface area contributed by atoms with Crippen LogP contribution in [-0.4, -0.2) is 63.0 Å². The van der Waals surface area contributed by atoms with E-state index in [4.69, 9.17) is 16.3 Å². The van der Waals surface area contributed by atoms with Crippen LogP contribution < -0.4 is 0 Å². The van der Waals surface area contributed by atoms with Crippen LogP contribution in [0.25, 0.3) is 0 Å². The number of carbonyl (C=O) groups is 2. The molecular weight excluding hydrogens is 464 g/mol. The van der Waals surface area contributed by atoms with Gasteiger partial charge in [-0.1, -0.05) is 59.1 Å². The zero-order chi connectivity index (χ0) is 26.1. The van der Waals surface area contributed by atoms with Crippen molar-refractivity contribution in [3.63, 3.8) is 0 Å². The maximum Gasteiger partial charge on any atom is 0.410 e. The number of fused-ring (bicyclic) bond motifs is 1. The van der Waals surface area contributed by atoms with Gasteiger partial charge in [0, 0.05) is 31.2 Å². The quantitative estimate of drug-likeness (QED) is 0.471. The van der Waals surface area contributed by atoms with Gasteiger partial charge in [-0.25, -0.2) is 14.8 Å². The fourth-order valence-corrected chi connectivity index (χ4v) is 5.49. The number of rotatable bonds is 4. The molecule has 0 aromatic carbocycles. The van der Waals surface area contributed by atoms with E-state index in [1.165, 1.54) is 0 Å². The van der Waals surface area contributed by atoms with Gasteiger partial charge in [0.2, 0.25) is 0 Å². The first-order chi connectivity index (χ1) is 16.2. The van der Waals surface area contributed by atoms with E-state index in [9.17, 15) is 9.59 Å². The summed E-state index contributed by atoms with van der Waals surface area (Å²) >= 11 is 6.56. The van der Waals surface area contributed by atoms with E-state index >= 15 is 0 Å². The summed E-state index contributed by atoms with van der Waals surface area (Å²) in [4.78, 5) is 39.7. The average Bonchev–Trinajstić information content (AvgIpc) is 2.74. The number of piperidine rings is 1. The Morgan fingerprint density at radius 1 is 1.14 bits per heavy atom. The van der Waals surface area contributed by atoms with Crippen molar-refractivity contribution >= 4 is 23.6 Å². The Morgan fingerprint density at radius 2 is 1.80 bits per heavy atom. The fourth-order valence-electron chi connectivity index (χ4n) is 5.28. The Balaban J connectivity index is 1.96. The molecule has 0 spiro atoms. The van der Waals surface area contributed by atoms with Crippen LogP contribution in [0.2, 0.25) is 5.15 Å². The lowest BCUT2D eigenvalue weighted by atomic mass is 9.72. The number of carbonyl (C=O) groups excluding carboxylic acids is 2. The zero-order valence-corrected chi connectivity index (χ0v) is 23.5. The largest absolute Gasteiger partial charge is 0.444 e. The van der Waals surface area contributed by atoms with Gasteiger partial charge in [0.15, 0.2) is 0 Å². The van der Waals surface area contributed by atoms with Crippen molar-refractivity contribution in [1.82, 2.24) is 19.8 Å². The Morgan fingerprint density at radius 3 is 2.37 bits per heavy atom. The van der Waals surface area contributed by atoms with Crippen LogP contribution in [0.5, 0.6) is 0 Å². The molecule has 1 aromatic rings. The van der Waals surface area contributed by atoms with Crippen molar-refractivity contribution in [3.8, 4) is 0 Å². The number of aromatic nitrogens is 2. The highest BCUT2D eigenvalue weighted by Crippen LogP contribution is 2.39. The van der Waals surface area contributed by atoms with E-state index in [2.05, 4.69) is 23.8 Å². The molecule has 3 atom stereocenters. The molecule has 2 aliphatic rings. The lowest BCUT2D eigenvalue weighted by Crippen LogP contribution is -2.60. The summed E-state index contributed by atoms with van der Waals surface area (Å²) in [6.07, 6.45) is 5.69. The normalized spacial score (nSPS) is 23.1. The highest BCUT2D eigenvalue weighted by Gasteiger charge is 2.45. The number of amides is 2. The molecule has 1 saturated heterocycles. The Hall–Kier alpha value is -1.89. The molecule has 2 heterocycles. The fraction of sp³-hybridized carbons (Fsp3) is 0.778. The summed E-state index contributed by atoms with van der Waals surface area (Å²) in [6.45, 7) is 17.6. The van der Waals surface area contributed by atoms with Crippen LogP contribution in [0.1, 0.15) is 97.3 Å².